The van der Waals surface area contributed by atoms with E-state index in [2.05, 4.69) is 5.32 Å². The highest BCUT2D eigenvalue weighted by atomic mass is 16.5. The zero-order valence-electron chi connectivity index (χ0n) is 13.5. The van der Waals surface area contributed by atoms with Crippen molar-refractivity contribution < 1.29 is 14.3 Å². The van der Waals surface area contributed by atoms with E-state index < -0.39 is 0 Å². The van der Waals surface area contributed by atoms with Crippen LogP contribution in [0.1, 0.15) is 37.6 Å². The van der Waals surface area contributed by atoms with E-state index >= 15 is 0 Å². The molecule has 1 saturated heterocycles. The van der Waals surface area contributed by atoms with Crippen LogP contribution in [0.3, 0.4) is 0 Å². The van der Waals surface area contributed by atoms with Gasteiger partial charge in [-0.3, -0.25) is 9.59 Å². The Morgan fingerprint density at radius 2 is 2.18 bits per heavy atom. The molecule has 0 bridgehead atoms. The Morgan fingerprint density at radius 3 is 2.86 bits per heavy atom. The lowest BCUT2D eigenvalue weighted by Crippen LogP contribution is -2.47. The van der Waals surface area contributed by atoms with E-state index in [1.807, 2.05) is 25.7 Å². The number of carbonyl (C=O) groups is 2. The van der Waals surface area contributed by atoms with E-state index in [0.717, 1.165) is 0 Å². The van der Waals surface area contributed by atoms with Gasteiger partial charge in [0.25, 0.3) is 5.91 Å². The number of hydrogen-bond acceptors (Lipinski definition) is 3. The monoisotopic (exact) mass is 304 g/mol. The summed E-state index contributed by atoms with van der Waals surface area (Å²) in [6.45, 7) is 7.71. The van der Waals surface area contributed by atoms with Gasteiger partial charge in [-0.2, -0.15) is 0 Å². The lowest BCUT2D eigenvalue weighted by molar-refractivity contribution is -0.116. The maximum absolute atomic E-state index is 12.6. The topological polar surface area (TPSA) is 58.6 Å². The first-order valence-electron chi connectivity index (χ1n) is 7.76. The van der Waals surface area contributed by atoms with E-state index in [1.165, 1.54) is 0 Å². The molecule has 1 fully saturated rings. The first-order chi connectivity index (χ1) is 10.5. The lowest BCUT2D eigenvalue weighted by atomic mass is 10.1. The molecule has 1 atom stereocenters. The molecule has 1 aliphatic rings. The van der Waals surface area contributed by atoms with Crippen molar-refractivity contribution in [3.63, 3.8) is 0 Å². The third kappa shape index (κ3) is 4.31. The molecule has 1 aromatic carbocycles. The zero-order valence-corrected chi connectivity index (χ0v) is 13.5. The minimum absolute atomic E-state index is 0.0178. The van der Waals surface area contributed by atoms with Crippen LogP contribution in [0.4, 0.5) is 5.69 Å². The molecule has 1 aromatic rings. The van der Waals surface area contributed by atoms with Gasteiger partial charge < -0.3 is 15.0 Å². The van der Waals surface area contributed by atoms with Crippen molar-refractivity contribution >= 4 is 17.5 Å². The van der Waals surface area contributed by atoms with Gasteiger partial charge in [-0.1, -0.05) is 19.9 Å². The maximum Gasteiger partial charge on any atom is 0.254 e. The second-order valence-corrected chi connectivity index (χ2v) is 6.15. The minimum Gasteiger partial charge on any atom is -0.377 e. The molecule has 0 aliphatic carbocycles. The van der Waals surface area contributed by atoms with Gasteiger partial charge in [0.05, 0.1) is 19.3 Å². The Morgan fingerprint density at radius 1 is 1.41 bits per heavy atom. The standard InChI is InChI=1S/C17H24N2O3/c1-12(2)9-16(20)18-15-6-4-5-14(10-15)17(21)19-7-8-22-11-13(19)3/h4-6,10,12-13H,7-9,11H2,1-3H3,(H,18,20). The van der Waals surface area contributed by atoms with Crippen LogP contribution in [-0.2, 0) is 9.53 Å². The van der Waals surface area contributed by atoms with Gasteiger partial charge in [-0.05, 0) is 31.0 Å². The second-order valence-electron chi connectivity index (χ2n) is 6.15. The average Bonchev–Trinajstić information content (AvgIpc) is 2.46. The van der Waals surface area contributed by atoms with E-state index in [1.54, 1.807) is 24.3 Å². The minimum atomic E-state index is -0.0284. The van der Waals surface area contributed by atoms with Crippen LogP contribution in [0.5, 0.6) is 0 Å². The molecule has 1 aliphatic heterocycles. The first kappa shape index (κ1) is 16.5. The number of nitrogens with one attached hydrogen (secondary N) is 1. The van der Waals surface area contributed by atoms with E-state index in [4.69, 9.17) is 4.74 Å². The van der Waals surface area contributed by atoms with Gasteiger partial charge >= 0.3 is 0 Å². The smallest absolute Gasteiger partial charge is 0.254 e. The molecule has 2 rings (SSSR count). The third-order valence-electron chi connectivity index (χ3n) is 3.62. The predicted octanol–water partition coefficient (Wildman–Crippen LogP) is 2.53. The molecule has 22 heavy (non-hydrogen) atoms. The van der Waals surface area contributed by atoms with Gasteiger partial charge in [-0.15, -0.1) is 0 Å². The molecule has 0 radical (unpaired) electrons. The molecule has 0 aromatic heterocycles. The Hall–Kier alpha value is -1.88. The van der Waals surface area contributed by atoms with Crippen LogP contribution >= 0.6 is 0 Å². The number of morpholine rings is 1. The van der Waals surface area contributed by atoms with E-state index in [-0.39, 0.29) is 17.9 Å². The number of carbonyl (C=O) groups excluding carboxylic acids is 2. The van der Waals surface area contributed by atoms with Crippen LogP contribution in [0.25, 0.3) is 0 Å². The number of amides is 2. The second kappa shape index (κ2) is 7.40. The number of rotatable bonds is 4. The third-order valence-corrected chi connectivity index (χ3v) is 3.62. The van der Waals surface area contributed by atoms with Crippen molar-refractivity contribution in [1.82, 2.24) is 4.90 Å². The maximum atomic E-state index is 12.6. The van der Waals surface area contributed by atoms with Gasteiger partial charge in [0.1, 0.15) is 0 Å². The fraction of sp³-hybridized carbons (Fsp3) is 0.529. The molecule has 120 valence electrons. The molecule has 5 heteroatoms. The van der Waals surface area contributed by atoms with Crippen molar-refractivity contribution in [2.75, 3.05) is 25.1 Å². The highest BCUT2D eigenvalue weighted by molar-refractivity contribution is 5.97. The number of anilines is 1. The number of benzene rings is 1. The van der Waals surface area contributed by atoms with Gasteiger partial charge in [0.2, 0.25) is 5.91 Å². The molecule has 2 amide bonds. The summed E-state index contributed by atoms with van der Waals surface area (Å²) in [4.78, 5) is 26.2. The summed E-state index contributed by atoms with van der Waals surface area (Å²) in [5.41, 5.74) is 1.26. The fourth-order valence-electron chi connectivity index (χ4n) is 2.51. The van der Waals surface area contributed by atoms with Crippen LogP contribution < -0.4 is 5.32 Å². The molecule has 5 nitrogen and oxygen atoms in total. The summed E-state index contributed by atoms with van der Waals surface area (Å²) >= 11 is 0. The van der Waals surface area contributed by atoms with Gasteiger partial charge in [-0.25, -0.2) is 0 Å². The summed E-state index contributed by atoms with van der Waals surface area (Å²) in [6.07, 6.45) is 0.471. The average molecular weight is 304 g/mol. The summed E-state index contributed by atoms with van der Waals surface area (Å²) in [5.74, 6) is 0.258. The summed E-state index contributed by atoms with van der Waals surface area (Å²) in [7, 11) is 0. The van der Waals surface area contributed by atoms with Gasteiger partial charge in [0, 0.05) is 24.2 Å². The SMILES string of the molecule is CC(C)CC(=O)Nc1cccc(C(=O)N2CCOCC2C)c1. The van der Waals surface area contributed by atoms with Gasteiger partial charge in [0.15, 0.2) is 0 Å². The molecule has 1 N–H and O–H groups in total. The summed E-state index contributed by atoms with van der Waals surface area (Å²) in [6, 6.07) is 7.19. The number of nitrogens with zero attached hydrogens (tertiary/aromatic N) is 1. The highest BCUT2D eigenvalue weighted by Crippen LogP contribution is 2.16. The van der Waals surface area contributed by atoms with Crippen molar-refractivity contribution in [1.29, 1.82) is 0 Å². The van der Waals surface area contributed by atoms with Crippen molar-refractivity contribution in [2.45, 2.75) is 33.2 Å². The Bertz CT molecular complexity index is 542. The predicted molar refractivity (Wildman–Crippen MR) is 85.8 cm³/mol. The van der Waals surface area contributed by atoms with Crippen molar-refractivity contribution in [2.24, 2.45) is 5.92 Å². The van der Waals surface area contributed by atoms with E-state index in [0.29, 0.717) is 43.3 Å². The molecule has 1 heterocycles. The molecule has 0 saturated carbocycles. The normalized spacial score (nSPS) is 18.4. The Kier molecular flexibility index (Phi) is 5.55. The summed E-state index contributed by atoms with van der Waals surface area (Å²) < 4.78 is 5.36. The van der Waals surface area contributed by atoms with Crippen LogP contribution in [-0.4, -0.2) is 42.5 Å². The quantitative estimate of drug-likeness (QED) is 0.930. The molecular formula is C17H24N2O3. The fourth-order valence-corrected chi connectivity index (χ4v) is 2.51. The summed E-state index contributed by atoms with van der Waals surface area (Å²) in [5, 5.41) is 2.85. The number of ether oxygens (including phenoxy) is 1. The van der Waals surface area contributed by atoms with Crippen molar-refractivity contribution in [3.8, 4) is 0 Å². The Balaban J connectivity index is 2.07. The lowest BCUT2D eigenvalue weighted by Gasteiger charge is -2.33. The molecular weight excluding hydrogens is 280 g/mol. The Labute approximate surface area is 131 Å². The van der Waals surface area contributed by atoms with Crippen LogP contribution in [0.15, 0.2) is 24.3 Å². The largest absolute Gasteiger partial charge is 0.377 e. The van der Waals surface area contributed by atoms with E-state index in [9.17, 15) is 9.59 Å². The highest BCUT2D eigenvalue weighted by Gasteiger charge is 2.24. The first-order valence-corrected chi connectivity index (χ1v) is 7.76. The molecule has 0 spiro atoms. The van der Waals surface area contributed by atoms with Crippen LogP contribution in [0, 0.1) is 5.92 Å². The van der Waals surface area contributed by atoms with Crippen molar-refractivity contribution in [3.05, 3.63) is 29.8 Å². The number of hydrogen-bond donors (Lipinski definition) is 1. The molecule has 1 unspecified atom stereocenters. The van der Waals surface area contributed by atoms with Crippen LogP contribution in [0.2, 0.25) is 0 Å². The zero-order chi connectivity index (χ0) is 16.1.